The Kier molecular flexibility index (Phi) is 6.24. The third kappa shape index (κ3) is 4.44. The molecular formula is C29H28FNO4. The fraction of sp³-hybridized carbons (Fsp3) is 0.241. The molecule has 1 fully saturated rings. The Labute approximate surface area is 204 Å². The third-order valence-electron chi connectivity index (χ3n) is 6.34. The van der Waals surface area contributed by atoms with Crippen LogP contribution in [0, 0.1) is 12.7 Å². The van der Waals surface area contributed by atoms with Crippen molar-refractivity contribution in [1.82, 2.24) is 0 Å². The van der Waals surface area contributed by atoms with Crippen molar-refractivity contribution in [1.29, 1.82) is 0 Å². The molecule has 0 aromatic heterocycles. The van der Waals surface area contributed by atoms with Crippen LogP contribution in [0.3, 0.4) is 0 Å². The van der Waals surface area contributed by atoms with Gasteiger partial charge in [0.25, 0.3) is 11.7 Å². The molecule has 0 aliphatic carbocycles. The molecule has 0 spiro atoms. The van der Waals surface area contributed by atoms with Crippen LogP contribution in [0.15, 0.2) is 72.3 Å². The van der Waals surface area contributed by atoms with E-state index in [1.807, 2.05) is 25.1 Å². The number of hydrogen-bond donors (Lipinski definition) is 1. The number of ether oxygens (including phenoxy) is 1. The molecule has 0 bridgehead atoms. The molecule has 1 unspecified atom stereocenters. The minimum absolute atomic E-state index is 0.0151. The van der Waals surface area contributed by atoms with Crippen LogP contribution in [-0.2, 0) is 15.0 Å². The fourth-order valence-corrected chi connectivity index (χ4v) is 4.29. The zero-order chi connectivity index (χ0) is 25.5. The summed E-state index contributed by atoms with van der Waals surface area (Å²) in [7, 11) is 1.55. The molecule has 35 heavy (non-hydrogen) atoms. The predicted molar refractivity (Wildman–Crippen MR) is 134 cm³/mol. The van der Waals surface area contributed by atoms with E-state index in [4.69, 9.17) is 4.74 Å². The molecular weight excluding hydrogens is 445 g/mol. The normalized spacial score (nSPS) is 17.7. The van der Waals surface area contributed by atoms with Gasteiger partial charge in [-0.1, -0.05) is 45.0 Å². The first-order valence-corrected chi connectivity index (χ1v) is 11.3. The van der Waals surface area contributed by atoms with Crippen LogP contribution < -0.4 is 9.64 Å². The van der Waals surface area contributed by atoms with Gasteiger partial charge >= 0.3 is 0 Å². The summed E-state index contributed by atoms with van der Waals surface area (Å²) < 4.78 is 18.9. The second-order valence-electron chi connectivity index (χ2n) is 9.70. The summed E-state index contributed by atoms with van der Waals surface area (Å²) in [4.78, 5) is 27.9. The first kappa shape index (κ1) is 24.2. The first-order chi connectivity index (χ1) is 16.5. The number of anilines is 1. The second-order valence-corrected chi connectivity index (χ2v) is 9.70. The van der Waals surface area contributed by atoms with Crippen molar-refractivity contribution in [2.24, 2.45) is 0 Å². The van der Waals surface area contributed by atoms with Gasteiger partial charge in [0.2, 0.25) is 0 Å². The van der Waals surface area contributed by atoms with Crippen molar-refractivity contribution in [3.63, 3.8) is 0 Å². The molecule has 0 radical (unpaired) electrons. The van der Waals surface area contributed by atoms with E-state index in [0.29, 0.717) is 22.6 Å². The summed E-state index contributed by atoms with van der Waals surface area (Å²) in [6.07, 6.45) is 0. The Balaban J connectivity index is 1.96. The van der Waals surface area contributed by atoms with E-state index < -0.39 is 23.5 Å². The van der Waals surface area contributed by atoms with Gasteiger partial charge in [0.15, 0.2) is 0 Å². The molecule has 1 aliphatic rings. The van der Waals surface area contributed by atoms with E-state index in [9.17, 15) is 19.1 Å². The average Bonchev–Trinajstić information content (AvgIpc) is 3.09. The topological polar surface area (TPSA) is 66.8 Å². The second kappa shape index (κ2) is 9.02. The molecule has 1 saturated heterocycles. The van der Waals surface area contributed by atoms with Crippen molar-refractivity contribution >= 4 is 23.1 Å². The van der Waals surface area contributed by atoms with E-state index in [0.717, 1.165) is 11.1 Å². The monoisotopic (exact) mass is 473 g/mol. The maximum absolute atomic E-state index is 13.6. The van der Waals surface area contributed by atoms with Gasteiger partial charge < -0.3 is 9.84 Å². The summed E-state index contributed by atoms with van der Waals surface area (Å²) >= 11 is 0. The van der Waals surface area contributed by atoms with Crippen LogP contribution in [0.5, 0.6) is 5.75 Å². The number of nitrogens with zero attached hydrogens (tertiary/aromatic N) is 1. The molecule has 3 aromatic rings. The smallest absolute Gasteiger partial charge is 0.300 e. The van der Waals surface area contributed by atoms with Crippen molar-refractivity contribution in [3.05, 3.63) is 100 Å². The van der Waals surface area contributed by atoms with Crippen molar-refractivity contribution in [2.45, 2.75) is 39.2 Å². The van der Waals surface area contributed by atoms with Crippen LogP contribution in [-0.4, -0.2) is 23.9 Å². The lowest BCUT2D eigenvalue weighted by molar-refractivity contribution is -0.132. The number of aliphatic hydroxyl groups excluding tert-OH is 1. The first-order valence-electron chi connectivity index (χ1n) is 11.3. The molecule has 180 valence electrons. The molecule has 1 N–H and O–H groups in total. The number of halogens is 1. The molecule has 1 amide bonds. The Hall–Kier alpha value is -3.93. The number of hydrogen-bond acceptors (Lipinski definition) is 4. The average molecular weight is 474 g/mol. The van der Waals surface area contributed by atoms with Crippen LogP contribution in [0.2, 0.25) is 0 Å². The largest absolute Gasteiger partial charge is 0.507 e. The number of methoxy groups -OCH3 is 1. The highest BCUT2D eigenvalue weighted by Gasteiger charge is 2.47. The summed E-state index contributed by atoms with van der Waals surface area (Å²) in [5.74, 6) is -1.67. The number of ketones is 1. The number of carbonyl (C=O) groups is 2. The molecule has 3 aromatic carbocycles. The van der Waals surface area contributed by atoms with Gasteiger partial charge in [-0.15, -0.1) is 0 Å². The lowest BCUT2D eigenvalue weighted by atomic mass is 9.84. The maximum atomic E-state index is 13.6. The van der Waals surface area contributed by atoms with Gasteiger partial charge in [-0.25, -0.2) is 4.39 Å². The Morgan fingerprint density at radius 2 is 1.60 bits per heavy atom. The lowest BCUT2D eigenvalue weighted by Crippen LogP contribution is -2.29. The highest BCUT2D eigenvalue weighted by Crippen LogP contribution is 2.43. The zero-order valence-electron chi connectivity index (χ0n) is 20.4. The van der Waals surface area contributed by atoms with Gasteiger partial charge in [-0.2, -0.15) is 0 Å². The number of Topliss-reactive ketones (excluding diaryl/α,β-unsaturated/α-hetero) is 1. The molecule has 6 heteroatoms. The predicted octanol–water partition coefficient (Wildman–Crippen LogP) is 6.07. The number of aliphatic hydroxyl groups is 1. The van der Waals surface area contributed by atoms with Crippen molar-refractivity contribution in [2.75, 3.05) is 12.0 Å². The number of benzene rings is 3. The van der Waals surface area contributed by atoms with Gasteiger partial charge in [0, 0.05) is 11.3 Å². The van der Waals surface area contributed by atoms with E-state index >= 15 is 0 Å². The summed E-state index contributed by atoms with van der Waals surface area (Å²) in [6.45, 7) is 8.03. The van der Waals surface area contributed by atoms with Crippen LogP contribution in [0.1, 0.15) is 49.1 Å². The van der Waals surface area contributed by atoms with Crippen LogP contribution in [0.25, 0.3) is 5.76 Å². The molecule has 1 heterocycles. The van der Waals surface area contributed by atoms with E-state index in [1.54, 1.807) is 31.4 Å². The standard InChI is InChI=1S/C29H28FNO4/c1-17-6-9-19(29(2,3)4)16-23(17)26(32)24-25(18-7-14-22(35-5)15-8-18)31(28(34)27(24)33)21-12-10-20(30)11-13-21/h6-16,25,32H,1-5H3/b26-24+. The highest BCUT2D eigenvalue weighted by atomic mass is 19.1. The zero-order valence-corrected chi connectivity index (χ0v) is 20.4. The SMILES string of the molecule is COc1ccc(C2/C(=C(\O)c3cc(C(C)(C)C)ccc3C)C(=O)C(=O)N2c2ccc(F)cc2)cc1. The number of amides is 1. The molecule has 1 aliphatic heterocycles. The molecule has 1 atom stereocenters. The van der Waals surface area contributed by atoms with Crippen LogP contribution in [0.4, 0.5) is 10.1 Å². The molecule has 5 nitrogen and oxygen atoms in total. The van der Waals surface area contributed by atoms with Crippen LogP contribution >= 0.6 is 0 Å². The van der Waals surface area contributed by atoms with Gasteiger partial charge in [0.1, 0.15) is 17.3 Å². The highest BCUT2D eigenvalue weighted by molar-refractivity contribution is 6.51. The fourth-order valence-electron chi connectivity index (χ4n) is 4.29. The van der Waals surface area contributed by atoms with Crippen molar-refractivity contribution in [3.8, 4) is 5.75 Å². The van der Waals surface area contributed by atoms with Crippen molar-refractivity contribution < 1.29 is 23.8 Å². The van der Waals surface area contributed by atoms with E-state index in [1.165, 1.54) is 29.2 Å². The summed E-state index contributed by atoms with van der Waals surface area (Å²) in [5, 5.41) is 11.5. The Morgan fingerprint density at radius 3 is 2.17 bits per heavy atom. The number of rotatable bonds is 4. The Bertz CT molecular complexity index is 1320. The van der Waals surface area contributed by atoms with Gasteiger partial charge in [0.05, 0.1) is 18.7 Å². The van der Waals surface area contributed by atoms with E-state index in [-0.39, 0.29) is 16.7 Å². The number of carbonyl (C=O) groups excluding carboxylic acids is 2. The van der Waals surface area contributed by atoms with E-state index in [2.05, 4.69) is 20.8 Å². The number of aryl methyl sites for hydroxylation is 1. The third-order valence-corrected chi connectivity index (χ3v) is 6.34. The molecule has 4 rings (SSSR count). The van der Waals surface area contributed by atoms with Gasteiger partial charge in [-0.05, 0) is 71.5 Å². The quantitative estimate of drug-likeness (QED) is 0.284. The summed E-state index contributed by atoms with van der Waals surface area (Å²) in [5.41, 5.74) is 3.02. The minimum Gasteiger partial charge on any atom is -0.507 e. The summed E-state index contributed by atoms with van der Waals surface area (Å²) in [6, 6.07) is 17.2. The maximum Gasteiger partial charge on any atom is 0.300 e. The van der Waals surface area contributed by atoms with Gasteiger partial charge in [-0.3, -0.25) is 14.5 Å². The molecule has 0 saturated carbocycles. The minimum atomic E-state index is -0.899. The Morgan fingerprint density at radius 1 is 0.971 bits per heavy atom. The lowest BCUT2D eigenvalue weighted by Gasteiger charge is -2.26.